The quantitative estimate of drug-likeness (QED) is 0.600. The summed E-state index contributed by atoms with van der Waals surface area (Å²) in [6.45, 7) is 4.95. The summed E-state index contributed by atoms with van der Waals surface area (Å²) in [5.74, 6) is 0.663. The topological polar surface area (TPSA) is 52.6 Å². The predicted octanol–water partition coefficient (Wildman–Crippen LogP) is 4.59. The summed E-state index contributed by atoms with van der Waals surface area (Å²) < 4.78 is 10.8. The number of halogens is 1. The Labute approximate surface area is 146 Å². The third-order valence-corrected chi connectivity index (χ3v) is 3.60. The van der Waals surface area contributed by atoms with Gasteiger partial charge in [0.05, 0.1) is 6.42 Å². The number of hydrogen-bond donors (Lipinski definition) is 0. The molecule has 5 heteroatoms. The zero-order valence-corrected chi connectivity index (χ0v) is 14.4. The maximum Gasteiger partial charge on any atom is 0.170 e. The second-order valence-corrected chi connectivity index (χ2v) is 5.32. The van der Waals surface area contributed by atoms with E-state index in [9.17, 15) is 9.59 Å². The lowest BCUT2D eigenvalue weighted by Gasteiger charge is -2.18. The van der Waals surface area contributed by atoms with Gasteiger partial charge in [0.15, 0.2) is 23.1 Å². The maximum absolute atomic E-state index is 12.2. The zero-order valence-electron chi connectivity index (χ0n) is 13.7. The standard InChI is InChI=1S/C17H13ClO4.C2H6/c18-13-4-1-11(2-5-13)14(19)10-15(20)12-3-6-16-17(9-12)22-8-7-21-16;1-2/h1-6,9H,7-8,10H2;1-2H3. The van der Waals surface area contributed by atoms with Crippen LogP contribution in [0.5, 0.6) is 11.5 Å². The van der Waals surface area contributed by atoms with Crippen LogP contribution in [0.25, 0.3) is 0 Å². The summed E-state index contributed by atoms with van der Waals surface area (Å²) in [5.41, 5.74) is 0.904. The van der Waals surface area contributed by atoms with E-state index in [1.807, 2.05) is 13.8 Å². The van der Waals surface area contributed by atoms with Gasteiger partial charge in [-0.25, -0.2) is 0 Å². The first-order valence-corrected chi connectivity index (χ1v) is 8.23. The first-order chi connectivity index (χ1) is 11.6. The lowest BCUT2D eigenvalue weighted by atomic mass is 10.0. The normalized spacial score (nSPS) is 12.0. The molecule has 0 saturated carbocycles. The molecule has 2 aromatic rings. The Morgan fingerprint density at radius 1 is 0.875 bits per heavy atom. The molecule has 0 bridgehead atoms. The van der Waals surface area contributed by atoms with E-state index in [4.69, 9.17) is 21.1 Å². The van der Waals surface area contributed by atoms with Gasteiger partial charge in [-0.2, -0.15) is 0 Å². The highest BCUT2D eigenvalue weighted by atomic mass is 35.5. The highest BCUT2D eigenvalue weighted by Gasteiger charge is 2.17. The van der Waals surface area contributed by atoms with Crippen molar-refractivity contribution in [2.24, 2.45) is 0 Å². The molecule has 0 spiro atoms. The largest absolute Gasteiger partial charge is 0.486 e. The van der Waals surface area contributed by atoms with Crippen molar-refractivity contribution in [1.29, 1.82) is 0 Å². The van der Waals surface area contributed by atoms with Gasteiger partial charge in [-0.1, -0.05) is 25.4 Å². The molecule has 0 saturated heterocycles. The average molecular weight is 347 g/mol. The maximum atomic E-state index is 12.2. The van der Waals surface area contributed by atoms with Gasteiger partial charge in [-0.05, 0) is 42.5 Å². The Morgan fingerprint density at radius 2 is 1.42 bits per heavy atom. The number of Topliss-reactive ketones (excluding diaryl/α,β-unsaturated/α-hetero) is 2. The Hall–Kier alpha value is -2.33. The SMILES string of the molecule is CC.O=C(CC(=O)c1ccc2c(c1)OCCO2)c1ccc(Cl)cc1. The highest BCUT2D eigenvalue weighted by Crippen LogP contribution is 2.31. The highest BCUT2D eigenvalue weighted by molar-refractivity contribution is 6.30. The van der Waals surface area contributed by atoms with E-state index in [0.29, 0.717) is 40.9 Å². The molecule has 24 heavy (non-hydrogen) atoms. The summed E-state index contributed by atoms with van der Waals surface area (Å²) in [5, 5.41) is 0.551. The molecule has 0 atom stereocenters. The summed E-state index contributed by atoms with van der Waals surface area (Å²) in [6, 6.07) is 11.4. The van der Waals surface area contributed by atoms with E-state index < -0.39 is 0 Å². The van der Waals surface area contributed by atoms with E-state index in [-0.39, 0.29) is 18.0 Å². The minimum absolute atomic E-state index is 0.193. The van der Waals surface area contributed by atoms with Crippen LogP contribution in [0.3, 0.4) is 0 Å². The smallest absolute Gasteiger partial charge is 0.170 e. The second kappa shape index (κ2) is 8.50. The zero-order chi connectivity index (χ0) is 17.5. The lowest BCUT2D eigenvalue weighted by molar-refractivity contribution is 0.0893. The van der Waals surface area contributed by atoms with Crippen LogP contribution in [-0.2, 0) is 0 Å². The van der Waals surface area contributed by atoms with Gasteiger partial charge < -0.3 is 9.47 Å². The number of hydrogen-bond acceptors (Lipinski definition) is 4. The third-order valence-electron chi connectivity index (χ3n) is 3.35. The monoisotopic (exact) mass is 346 g/mol. The Balaban J connectivity index is 0.00000100. The van der Waals surface area contributed by atoms with E-state index in [0.717, 1.165) is 0 Å². The van der Waals surface area contributed by atoms with Crippen LogP contribution < -0.4 is 9.47 Å². The van der Waals surface area contributed by atoms with Crippen LogP contribution >= 0.6 is 11.6 Å². The molecule has 1 aliphatic heterocycles. The van der Waals surface area contributed by atoms with Gasteiger partial charge in [-0.3, -0.25) is 9.59 Å². The van der Waals surface area contributed by atoms with Gasteiger partial charge in [0, 0.05) is 16.1 Å². The van der Waals surface area contributed by atoms with Crippen LogP contribution in [0.4, 0.5) is 0 Å². The minimum atomic E-state index is -0.253. The van der Waals surface area contributed by atoms with E-state index in [2.05, 4.69) is 0 Å². The number of fused-ring (bicyclic) bond motifs is 1. The van der Waals surface area contributed by atoms with Gasteiger partial charge in [0.25, 0.3) is 0 Å². The molecule has 3 rings (SSSR count). The first kappa shape index (κ1) is 18.0. The minimum Gasteiger partial charge on any atom is -0.486 e. The predicted molar refractivity (Wildman–Crippen MR) is 93.5 cm³/mol. The number of carbonyl (C=O) groups excluding carboxylic acids is 2. The molecule has 0 fully saturated rings. The Morgan fingerprint density at radius 3 is 2.08 bits per heavy atom. The molecular formula is C19H19ClO4. The fourth-order valence-electron chi connectivity index (χ4n) is 2.20. The van der Waals surface area contributed by atoms with Crippen LogP contribution in [0.2, 0.25) is 5.02 Å². The summed E-state index contributed by atoms with van der Waals surface area (Å²) in [7, 11) is 0. The molecule has 0 aromatic heterocycles. The number of ketones is 2. The molecule has 126 valence electrons. The van der Waals surface area contributed by atoms with Gasteiger partial charge in [-0.15, -0.1) is 0 Å². The Kier molecular flexibility index (Phi) is 6.38. The summed E-state index contributed by atoms with van der Waals surface area (Å²) in [4.78, 5) is 24.3. The van der Waals surface area contributed by atoms with E-state index >= 15 is 0 Å². The molecule has 0 N–H and O–H groups in total. The van der Waals surface area contributed by atoms with Crippen molar-refractivity contribution in [1.82, 2.24) is 0 Å². The molecule has 1 aliphatic rings. The number of rotatable bonds is 4. The van der Waals surface area contributed by atoms with Crippen molar-refractivity contribution in [2.45, 2.75) is 20.3 Å². The van der Waals surface area contributed by atoms with Crippen molar-refractivity contribution in [3.8, 4) is 11.5 Å². The molecule has 0 aliphatic carbocycles. The second-order valence-electron chi connectivity index (χ2n) is 4.89. The summed E-state index contributed by atoms with van der Waals surface area (Å²) in [6.07, 6.45) is -0.193. The van der Waals surface area contributed by atoms with Crippen molar-refractivity contribution >= 4 is 23.2 Å². The van der Waals surface area contributed by atoms with Crippen molar-refractivity contribution in [3.05, 3.63) is 58.6 Å². The van der Waals surface area contributed by atoms with Crippen LogP contribution in [0.15, 0.2) is 42.5 Å². The summed E-state index contributed by atoms with van der Waals surface area (Å²) >= 11 is 5.78. The van der Waals surface area contributed by atoms with Gasteiger partial charge >= 0.3 is 0 Å². The fourth-order valence-corrected chi connectivity index (χ4v) is 2.33. The van der Waals surface area contributed by atoms with Crippen molar-refractivity contribution < 1.29 is 19.1 Å². The molecular weight excluding hydrogens is 328 g/mol. The number of ether oxygens (including phenoxy) is 2. The first-order valence-electron chi connectivity index (χ1n) is 7.85. The lowest BCUT2D eigenvalue weighted by Crippen LogP contribution is -2.16. The molecule has 1 heterocycles. The average Bonchev–Trinajstić information content (AvgIpc) is 2.63. The molecule has 0 radical (unpaired) electrons. The molecule has 0 unspecified atom stereocenters. The van der Waals surface area contributed by atoms with Crippen LogP contribution in [0, 0.1) is 0 Å². The molecule has 0 amide bonds. The van der Waals surface area contributed by atoms with E-state index in [1.165, 1.54) is 0 Å². The van der Waals surface area contributed by atoms with Crippen LogP contribution in [0.1, 0.15) is 41.0 Å². The molecule has 2 aromatic carbocycles. The van der Waals surface area contributed by atoms with Crippen LogP contribution in [-0.4, -0.2) is 24.8 Å². The van der Waals surface area contributed by atoms with Gasteiger partial charge in [0.2, 0.25) is 0 Å². The Bertz CT molecular complexity index is 723. The number of benzene rings is 2. The van der Waals surface area contributed by atoms with E-state index in [1.54, 1.807) is 42.5 Å². The fraction of sp³-hybridized carbons (Fsp3) is 0.263. The van der Waals surface area contributed by atoms with Gasteiger partial charge in [0.1, 0.15) is 13.2 Å². The van der Waals surface area contributed by atoms with Crippen molar-refractivity contribution in [3.63, 3.8) is 0 Å². The number of carbonyl (C=O) groups is 2. The third kappa shape index (κ3) is 4.36. The van der Waals surface area contributed by atoms with Crippen molar-refractivity contribution in [2.75, 3.05) is 13.2 Å². The molecule has 4 nitrogen and oxygen atoms in total.